The van der Waals surface area contributed by atoms with Gasteiger partial charge in [-0.15, -0.1) is 0 Å². The van der Waals surface area contributed by atoms with E-state index < -0.39 is 18.3 Å². The summed E-state index contributed by atoms with van der Waals surface area (Å²) in [6.07, 6.45) is 0.965. The van der Waals surface area contributed by atoms with Crippen molar-refractivity contribution in [2.24, 2.45) is 0 Å². The van der Waals surface area contributed by atoms with Gasteiger partial charge in [0.15, 0.2) is 8.32 Å². The van der Waals surface area contributed by atoms with Gasteiger partial charge >= 0.3 is 0 Å². The monoisotopic (exact) mass is 655 g/mol. The van der Waals surface area contributed by atoms with Crippen molar-refractivity contribution in [2.75, 3.05) is 30.7 Å². The molecule has 1 aromatic heterocycles. The van der Waals surface area contributed by atoms with Gasteiger partial charge in [-0.3, -0.25) is 4.72 Å². The zero-order valence-electron chi connectivity index (χ0n) is 27.2. The molecule has 5 rings (SSSR count). The fourth-order valence-corrected chi connectivity index (χ4v) is 9.39. The molecule has 0 unspecified atom stereocenters. The molecule has 0 spiro atoms. The summed E-state index contributed by atoms with van der Waals surface area (Å²) in [7, 11) is -5.32. The molecule has 9 heteroatoms. The highest BCUT2D eigenvalue weighted by Crippen LogP contribution is 2.39. The first-order valence-electron chi connectivity index (χ1n) is 16.1. The quantitative estimate of drug-likeness (QED) is 0.0731. The summed E-state index contributed by atoms with van der Waals surface area (Å²) in [5, 5.41) is 4.69. The maximum atomic E-state index is 11.9. The summed E-state index contributed by atoms with van der Waals surface area (Å²) in [6, 6.07) is 37.7. The van der Waals surface area contributed by atoms with Gasteiger partial charge in [-0.25, -0.2) is 8.42 Å². The Labute approximate surface area is 274 Å². The van der Waals surface area contributed by atoms with Crippen LogP contribution in [0.4, 0.5) is 5.69 Å². The smallest absolute Gasteiger partial charge is 0.229 e. The van der Waals surface area contributed by atoms with Crippen LogP contribution in [0.5, 0.6) is 5.75 Å². The van der Waals surface area contributed by atoms with Crippen LogP contribution in [0.25, 0.3) is 33.3 Å². The van der Waals surface area contributed by atoms with E-state index in [0.29, 0.717) is 25.4 Å². The van der Waals surface area contributed by atoms with Gasteiger partial charge in [-0.05, 0) is 59.1 Å². The first-order valence-corrected chi connectivity index (χ1v) is 20.5. The van der Waals surface area contributed by atoms with E-state index in [1.807, 2.05) is 36.4 Å². The largest absolute Gasteiger partial charge is 0.492 e. The molecule has 242 valence electrons. The molecule has 4 aromatic carbocycles. The zero-order valence-corrected chi connectivity index (χ0v) is 29.0. The summed E-state index contributed by atoms with van der Waals surface area (Å²) in [5.41, 5.74) is 7.10. The van der Waals surface area contributed by atoms with Crippen molar-refractivity contribution < 1.29 is 17.6 Å². The van der Waals surface area contributed by atoms with E-state index in [9.17, 15) is 8.42 Å². The SMILES string of the molecule is CC[Si](CC)(CC)O[C@@H](CNCCOc1ccc2c(-c3ccccc3)c(-c3ccccc3)[nH]c2c1)c1cccc(NS(C)(=O)=O)c1. The predicted molar refractivity (Wildman–Crippen MR) is 193 cm³/mol. The number of anilines is 1. The highest BCUT2D eigenvalue weighted by Gasteiger charge is 2.32. The molecule has 0 radical (unpaired) electrons. The van der Waals surface area contributed by atoms with E-state index in [1.165, 1.54) is 11.1 Å². The van der Waals surface area contributed by atoms with Gasteiger partial charge in [-0.1, -0.05) is 93.6 Å². The molecule has 0 aliphatic heterocycles. The van der Waals surface area contributed by atoms with Crippen molar-refractivity contribution in [1.29, 1.82) is 0 Å². The predicted octanol–water partition coefficient (Wildman–Crippen LogP) is 8.60. The standard InChI is InChI=1S/C37H45N3O4SSi/c1-5-46(6-2,7-3)44-35(30-19-14-20-31(25-30)40-45(4,41)42)27-38-23-24-43-32-21-22-33-34(26-32)39-37(29-17-12-9-13-18-29)36(33)28-15-10-8-11-16-28/h8-22,25-26,35,38-40H,5-7,23-24,27H2,1-4H3/t35-/m0/s1. The minimum atomic E-state index is -3.38. The van der Waals surface area contributed by atoms with E-state index >= 15 is 0 Å². The number of rotatable bonds is 16. The van der Waals surface area contributed by atoms with Crippen molar-refractivity contribution in [3.63, 3.8) is 0 Å². The van der Waals surface area contributed by atoms with Crippen LogP contribution in [0.1, 0.15) is 32.4 Å². The lowest BCUT2D eigenvalue weighted by atomic mass is 9.98. The van der Waals surface area contributed by atoms with E-state index in [-0.39, 0.29) is 6.10 Å². The lowest BCUT2D eigenvalue weighted by Gasteiger charge is -2.34. The molecular weight excluding hydrogens is 611 g/mol. The van der Waals surface area contributed by atoms with Crippen molar-refractivity contribution in [1.82, 2.24) is 10.3 Å². The fraction of sp³-hybridized carbons (Fsp3) is 0.297. The summed E-state index contributed by atoms with van der Waals surface area (Å²) >= 11 is 0. The number of H-pyrrole nitrogens is 1. The van der Waals surface area contributed by atoms with E-state index in [0.717, 1.165) is 57.9 Å². The Morgan fingerprint density at radius 3 is 2.13 bits per heavy atom. The average Bonchev–Trinajstić information content (AvgIpc) is 3.45. The second-order valence-electron chi connectivity index (χ2n) is 11.7. The van der Waals surface area contributed by atoms with Crippen LogP contribution in [-0.4, -0.2) is 47.7 Å². The summed E-state index contributed by atoms with van der Waals surface area (Å²) < 4.78 is 39.5. The number of sulfonamides is 1. The van der Waals surface area contributed by atoms with E-state index in [2.05, 4.69) is 96.5 Å². The van der Waals surface area contributed by atoms with Gasteiger partial charge in [0, 0.05) is 35.8 Å². The lowest BCUT2D eigenvalue weighted by molar-refractivity contribution is 0.183. The fourth-order valence-electron chi connectivity index (χ4n) is 6.01. The second kappa shape index (κ2) is 15.1. The second-order valence-corrected chi connectivity index (χ2v) is 18.2. The number of aromatic nitrogens is 1. The third-order valence-electron chi connectivity index (χ3n) is 8.66. The number of fused-ring (bicyclic) bond motifs is 1. The molecular formula is C37H45N3O4SSi. The van der Waals surface area contributed by atoms with Gasteiger partial charge in [0.25, 0.3) is 0 Å². The topological polar surface area (TPSA) is 92.4 Å². The molecule has 0 aliphatic rings. The van der Waals surface area contributed by atoms with Crippen LogP contribution in [-0.2, 0) is 14.4 Å². The van der Waals surface area contributed by atoms with Crippen LogP contribution in [0.3, 0.4) is 0 Å². The minimum Gasteiger partial charge on any atom is -0.492 e. The van der Waals surface area contributed by atoms with Gasteiger partial charge in [-0.2, -0.15) is 0 Å². The van der Waals surface area contributed by atoms with Gasteiger partial charge < -0.3 is 19.5 Å². The third-order valence-corrected chi connectivity index (χ3v) is 13.9. The number of hydrogen-bond donors (Lipinski definition) is 3. The van der Waals surface area contributed by atoms with Gasteiger partial charge in [0.1, 0.15) is 12.4 Å². The Bertz CT molecular complexity index is 1820. The van der Waals surface area contributed by atoms with Crippen LogP contribution in [0, 0.1) is 0 Å². The molecule has 3 N–H and O–H groups in total. The average molecular weight is 656 g/mol. The van der Waals surface area contributed by atoms with Crippen molar-refractivity contribution >= 4 is 34.9 Å². The maximum absolute atomic E-state index is 11.9. The normalized spacial score (nSPS) is 12.7. The Hall–Kier alpha value is -3.89. The first kappa shape index (κ1) is 33.5. The van der Waals surface area contributed by atoms with Crippen molar-refractivity contribution in [3.05, 3.63) is 109 Å². The molecule has 5 aromatic rings. The number of nitrogens with one attached hydrogen (secondary N) is 3. The highest BCUT2D eigenvalue weighted by atomic mass is 32.2. The highest BCUT2D eigenvalue weighted by molar-refractivity contribution is 7.92. The van der Waals surface area contributed by atoms with Crippen LogP contribution >= 0.6 is 0 Å². The number of aromatic amines is 1. The Balaban J connectivity index is 1.29. The summed E-state index contributed by atoms with van der Waals surface area (Å²) in [5.74, 6) is 0.802. The maximum Gasteiger partial charge on any atom is 0.229 e. The Morgan fingerprint density at radius 1 is 0.804 bits per heavy atom. The van der Waals surface area contributed by atoms with E-state index in [1.54, 1.807) is 6.07 Å². The van der Waals surface area contributed by atoms with Gasteiger partial charge in [0.2, 0.25) is 10.0 Å². The van der Waals surface area contributed by atoms with E-state index in [4.69, 9.17) is 9.16 Å². The molecule has 7 nitrogen and oxygen atoms in total. The summed E-state index contributed by atoms with van der Waals surface area (Å²) in [4.78, 5) is 3.66. The number of ether oxygens (including phenoxy) is 1. The molecule has 1 atom stereocenters. The minimum absolute atomic E-state index is 0.198. The van der Waals surface area contributed by atoms with Crippen molar-refractivity contribution in [3.8, 4) is 28.1 Å². The Kier molecular flexibility index (Phi) is 11.0. The molecule has 0 saturated heterocycles. The third kappa shape index (κ3) is 8.27. The van der Waals surface area contributed by atoms with Crippen LogP contribution in [0.15, 0.2) is 103 Å². The molecule has 0 saturated carbocycles. The van der Waals surface area contributed by atoms with Crippen molar-refractivity contribution in [2.45, 2.75) is 45.0 Å². The molecule has 0 aliphatic carbocycles. The number of benzene rings is 4. The molecule has 46 heavy (non-hydrogen) atoms. The summed E-state index contributed by atoms with van der Waals surface area (Å²) in [6.45, 7) is 8.36. The Morgan fingerprint density at radius 2 is 1.48 bits per heavy atom. The zero-order chi connectivity index (χ0) is 32.6. The lowest BCUT2D eigenvalue weighted by Crippen LogP contribution is -2.40. The molecule has 1 heterocycles. The number of hydrogen-bond acceptors (Lipinski definition) is 5. The van der Waals surface area contributed by atoms with Gasteiger partial charge in [0.05, 0.1) is 23.6 Å². The molecule has 0 fully saturated rings. The molecule has 0 bridgehead atoms. The van der Waals surface area contributed by atoms with Crippen LogP contribution in [0.2, 0.25) is 18.1 Å². The first-order chi connectivity index (χ1) is 22.2. The van der Waals surface area contributed by atoms with Crippen LogP contribution < -0.4 is 14.8 Å². The molecule has 0 amide bonds.